The fourth-order valence-corrected chi connectivity index (χ4v) is 5.33. The van der Waals surface area contributed by atoms with Crippen molar-refractivity contribution in [1.82, 2.24) is 4.98 Å². The topological polar surface area (TPSA) is 49.8 Å². The van der Waals surface area contributed by atoms with Gasteiger partial charge in [0.2, 0.25) is 0 Å². The Labute approximate surface area is 226 Å². The lowest BCUT2D eigenvalue weighted by molar-refractivity contribution is 0.671. The third kappa shape index (κ3) is 3.96. The molecule has 0 saturated heterocycles. The van der Waals surface area contributed by atoms with Crippen LogP contribution in [0.25, 0.3) is 66.4 Å². The van der Waals surface area contributed by atoms with E-state index in [-0.39, 0.29) is 0 Å². The third-order valence-corrected chi connectivity index (χ3v) is 7.26. The lowest BCUT2D eigenvalue weighted by Gasteiger charge is -2.11. The number of nitrogens with zero attached hydrogens (tertiary/aromatic N) is 2. The number of para-hydroxylation sites is 2. The molecule has 0 aliphatic heterocycles. The van der Waals surface area contributed by atoms with Crippen molar-refractivity contribution >= 4 is 21.9 Å². The molecule has 7 aromatic rings. The summed E-state index contributed by atoms with van der Waals surface area (Å²) in [4.78, 5) is 4.25. The van der Waals surface area contributed by atoms with Gasteiger partial charge in [0, 0.05) is 34.3 Å². The minimum absolute atomic E-state index is 0.650. The fraction of sp³-hybridized carbons (Fsp3) is 0. The van der Waals surface area contributed by atoms with E-state index in [4.69, 9.17) is 4.42 Å². The summed E-state index contributed by atoms with van der Waals surface area (Å²) >= 11 is 0. The highest BCUT2D eigenvalue weighted by Gasteiger charge is 2.17. The molecule has 0 aliphatic carbocycles. The molecule has 0 unspecified atom stereocenters. The highest BCUT2D eigenvalue weighted by molar-refractivity contribution is 6.13. The molecule has 0 saturated carbocycles. The first-order chi connectivity index (χ1) is 19.3. The van der Waals surface area contributed by atoms with Crippen molar-refractivity contribution in [1.29, 1.82) is 5.26 Å². The summed E-state index contributed by atoms with van der Waals surface area (Å²) in [6, 6.07) is 43.5. The van der Waals surface area contributed by atoms with Gasteiger partial charge in [0.25, 0.3) is 0 Å². The first kappa shape index (κ1) is 22.7. The van der Waals surface area contributed by atoms with Crippen LogP contribution in [0.15, 0.2) is 138 Å². The highest BCUT2D eigenvalue weighted by atomic mass is 16.3. The van der Waals surface area contributed by atoms with Crippen molar-refractivity contribution in [3.63, 3.8) is 0 Å². The summed E-state index contributed by atoms with van der Waals surface area (Å²) in [5.74, 6) is 0. The number of hydrogen-bond acceptors (Lipinski definition) is 3. The molecule has 0 amide bonds. The zero-order valence-corrected chi connectivity index (χ0v) is 21.0. The predicted molar refractivity (Wildman–Crippen MR) is 158 cm³/mol. The van der Waals surface area contributed by atoms with Crippen LogP contribution in [0.5, 0.6) is 0 Å². The summed E-state index contributed by atoms with van der Waals surface area (Å²) in [6.07, 6.45) is 3.67. The van der Waals surface area contributed by atoms with Crippen molar-refractivity contribution in [3.05, 3.63) is 139 Å². The number of rotatable bonds is 4. The molecule has 5 aromatic carbocycles. The second-order valence-electron chi connectivity index (χ2n) is 9.52. The van der Waals surface area contributed by atoms with Crippen LogP contribution < -0.4 is 0 Å². The summed E-state index contributed by atoms with van der Waals surface area (Å²) in [6.45, 7) is 0. The lowest BCUT2D eigenvalue weighted by atomic mass is 9.93. The van der Waals surface area contributed by atoms with E-state index < -0.39 is 0 Å². The maximum absolute atomic E-state index is 9.22. The first-order valence-electron chi connectivity index (χ1n) is 12.9. The number of pyridine rings is 1. The van der Waals surface area contributed by atoms with Gasteiger partial charge in [0.1, 0.15) is 11.2 Å². The van der Waals surface area contributed by atoms with E-state index in [1.165, 1.54) is 0 Å². The van der Waals surface area contributed by atoms with Crippen LogP contribution in [0.3, 0.4) is 0 Å². The highest BCUT2D eigenvalue weighted by Crippen LogP contribution is 2.42. The van der Waals surface area contributed by atoms with Gasteiger partial charge in [-0.3, -0.25) is 4.98 Å². The largest absolute Gasteiger partial charge is 0.455 e. The number of furan rings is 1. The van der Waals surface area contributed by atoms with Gasteiger partial charge in [-0.2, -0.15) is 5.26 Å². The van der Waals surface area contributed by atoms with Crippen LogP contribution in [-0.2, 0) is 0 Å². The number of aromatic nitrogens is 1. The second-order valence-corrected chi connectivity index (χ2v) is 9.52. The molecular formula is C36H22N2O. The maximum atomic E-state index is 9.22. The Balaban J connectivity index is 1.38. The molecule has 3 heteroatoms. The predicted octanol–water partition coefficient (Wildman–Crippen LogP) is 9.52. The zero-order valence-electron chi connectivity index (χ0n) is 21.0. The Morgan fingerprint density at radius 1 is 0.487 bits per heavy atom. The van der Waals surface area contributed by atoms with Gasteiger partial charge < -0.3 is 4.42 Å². The number of nitriles is 1. The van der Waals surface area contributed by atoms with Crippen LogP contribution in [0.4, 0.5) is 0 Å². The van der Waals surface area contributed by atoms with Crippen LogP contribution in [0.1, 0.15) is 5.56 Å². The van der Waals surface area contributed by atoms with Crippen molar-refractivity contribution in [3.8, 4) is 50.6 Å². The van der Waals surface area contributed by atoms with Gasteiger partial charge in [-0.05, 0) is 51.6 Å². The van der Waals surface area contributed by atoms with Crippen LogP contribution in [-0.4, -0.2) is 4.98 Å². The molecule has 39 heavy (non-hydrogen) atoms. The van der Waals surface area contributed by atoms with Crippen molar-refractivity contribution in [2.45, 2.75) is 0 Å². The summed E-state index contributed by atoms with van der Waals surface area (Å²) in [7, 11) is 0. The lowest BCUT2D eigenvalue weighted by Crippen LogP contribution is -1.86. The Morgan fingerprint density at radius 3 is 1.77 bits per heavy atom. The molecule has 0 spiro atoms. The normalized spacial score (nSPS) is 11.1. The quantitative estimate of drug-likeness (QED) is 0.243. The Hall–Kier alpha value is -5.46. The Kier molecular flexibility index (Phi) is 5.50. The molecule has 0 N–H and O–H groups in total. The molecule has 0 atom stereocenters. The molecule has 2 heterocycles. The van der Waals surface area contributed by atoms with Crippen molar-refractivity contribution in [2.75, 3.05) is 0 Å². The van der Waals surface area contributed by atoms with Crippen LogP contribution >= 0.6 is 0 Å². The standard InChI is InChI=1S/C36H22N2O/c37-22-24-13-15-26(16-14-24)29-7-1-2-8-31(29)32-10-4-12-34-33-11-3-9-30(35(33)39-36(32)34)27-19-17-25(18-20-27)28-6-5-21-38-23-28/h1-21,23H. The molecule has 2 aromatic heterocycles. The second kappa shape index (κ2) is 9.45. The average molecular weight is 499 g/mol. The zero-order chi connectivity index (χ0) is 26.2. The SMILES string of the molecule is N#Cc1ccc(-c2ccccc2-c2cccc3c2oc2c(-c4ccc(-c5cccnc5)cc4)cccc23)cc1. The molecule has 0 fully saturated rings. The van der Waals surface area contributed by atoms with Gasteiger partial charge in [0.05, 0.1) is 11.6 Å². The average Bonchev–Trinajstić information content (AvgIpc) is 3.41. The molecule has 3 nitrogen and oxygen atoms in total. The van der Waals surface area contributed by atoms with E-state index in [9.17, 15) is 5.26 Å². The Morgan fingerprint density at radius 2 is 1.08 bits per heavy atom. The summed E-state index contributed by atoms with van der Waals surface area (Å²) in [5.41, 5.74) is 11.1. The molecule has 0 bridgehead atoms. The van der Waals surface area contributed by atoms with Gasteiger partial charge in [0.15, 0.2) is 0 Å². The summed E-state index contributed by atoms with van der Waals surface area (Å²) in [5, 5.41) is 11.4. The van der Waals surface area contributed by atoms with Crippen LogP contribution in [0.2, 0.25) is 0 Å². The van der Waals surface area contributed by atoms with E-state index >= 15 is 0 Å². The number of hydrogen-bond donors (Lipinski definition) is 0. The van der Waals surface area contributed by atoms with E-state index in [1.807, 2.05) is 42.6 Å². The van der Waals surface area contributed by atoms with Crippen LogP contribution in [0, 0.1) is 11.3 Å². The molecular weight excluding hydrogens is 476 g/mol. The maximum Gasteiger partial charge on any atom is 0.143 e. The first-order valence-corrected chi connectivity index (χ1v) is 12.9. The smallest absolute Gasteiger partial charge is 0.143 e. The molecule has 7 rings (SSSR count). The summed E-state index contributed by atoms with van der Waals surface area (Å²) < 4.78 is 6.71. The van der Waals surface area contributed by atoms with Gasteiger partial charge in [-0.15, -0.1) is 0 Å². The van der Waals surface area contributed by atoms with Crippen molar-refractivity contribution < 1.29 is 4.42 Å². The number of benzene rings is 5. The van der Waals surface area contributed by atoms with Gasteiger partial charge in [-0.25, -0.2) is 0 Å². The van der Waals surface area contributed by atoms with E-state index in [1.54, 1.807) is 6.20 Å². The molecule has 182 valence electrons. The van der Waals surface area contributed by atoms with Gasteiger partial charge in [-0.1, -0.05) is 103 Å². The minimum Gasteiger partial charge on any atom is -0.455 e. The molecule has 0 radical (unpaired) electrons. The van der Waals surface area contributed by atoms with Gasteiger partial charge >= 0.3 is 0 Å². The molecule has 0 aliphatic rings. The minimum atomic E-state index is 0.650. The van der Waals surface area contributed by atoms with E-state index in [0.717, 1.165) is 66.4 Å². The monoisotopic (exact) mass is 498 g/mol. The van der Waals surface area contributed by atoms with Crippen molar-refractivity contribution in [2.24, 2.45) is 0 Å². The number of fused-ring (bicyclic) bond motifs is 3. The third-order valence-electron chi connectivity index (χ3n) is 7.26. The fourth-order valence-electron chi connectivity index (χ4n) is 5.33. The Bertz CT molecular complexity index is 2000. The van der Waals surface area contributed by atoms with E-state index in [0.29, 0.717) is 5.56 Å². The van der Waals surface area contributed by atoms with E-state index in [2.05, 4.69) is 96.0 Å².